The van der Waals surface area contributed by atoms with E-state index < -0.39 is 26.5 Å². The van der Waals surface area contributed by atoms with E-state index in [0.717, 1.165) is 128 Å². The lowest BCUT2D eigenvalue weighted by atomic mass is 10.0. The fraction of sp³-hybridized carbons (Fsp3) is 0.647. The summed E-state index contributed by atoms with van der Waals surface area (Å²) in [5.41, 5.74) is 0. The van der Waals surface area contributed by atoms with E-state index in [2.05, 4.69) is 148 Å². The molecule has 0 spiro atoms. The average Bonchev–Trinajstić information content (AvgIpc) is 3.40. The number of likely N-dealkylation sites (N-methyl/N-ethyl adjacent to an activating group) is 1. The highest BCUT2D eigenvalue weighted by Crippen LogP contribution is 2.43. The molecule has 0 aromatic heterocycles. The van der Waals surface area contributed by atoms with Crippen LogP contribution in [0.4, 0.5) is 0 Å². The second-order valence-electron chi connectivity index (χ2n) is 21.4. The molecule has 0 aliphatic carbocycles. The zero-order valence-electron chi connectivity index (χ0n) is 50.3. The molecular formula is C68H115NO8P+. The first-order chi connectivity index (χ1) is 38.0. The third kappa shape index (κ3) is 61.4. The number of esters is 2. The molecule has 1 N–H and O–H groups in total. The first-order valence-electron chi connectivity index (χ1n) is 30.9. The maximum absolute atomic E-state index is 12.8. The Balaban J connectivity index is 4.07. The number of ether oxygens (including phenoxy) is 2. The Morgan fingerprint density at radius 3 is 1.10 bits per heavy atom. The Bertz CT molecular complexity index is 1780. The molecule has 0 aliphatic heterocycles. The molecule has 2 unspecified atom stereocenters. The maximum atomic E-state index is 12.8. The summed E-state index contributed by atoms with van der Waals surface area (Å²) in [5, 5.41) is 0. The molecule has 0 radical (unpaired) electrons. The predicted molar refractivity (Wildman–Crippen MR) is 334 cm³/mol. The van der Waals surface area contributed by atoms with Crippen LogP contribution in [0.5, 0.6) is 0 Å². The average molecular weight is 1110 g/mol. The number of carbonyl (C=O) groups excluding carboxylic acids is 2. The zero-order valence-corrected chi connectivity index (χ0v) is 51.2. The van der Waals surface area contributed by atoms with Gasteiger partial charge in [0.1, 0.15) is 19.8 Å². The molecule has 0 saturated carbocycles. The van der Waals surface area contributed by atoms with Gasteiger partial charge in [-0.2, -0.15) is 0 Å². The van der Waals surface area contributed by atoms with Crippen molar-refractivity contribution in [3.05, 3.63) is 134 Å². The zero-order chi connectivity index (χ0) is 57.0. The van der Waals surface area contributed by atoms with Gasteiger partial charge >= 0.3 is 19.8 Å². The summed E-state index contributed by atoms with van der Waals surface area (Å²) < 4.78 is 34.5. The van der Waals surface area contributed by atoms with Crippen LogP contribution < -0.4 is 0 Å². The van der Waals surface area contributed by atoms with E-state index in [9.17, 15) is 19.0 Å². The Morgan fingerprint density at radius 2 is 0.731 bits per heavy atom. The topological polar surface area (TPSA) is 108 Å². The van der Waals surface area contributed by atoms with Crippen molar-refractivity contribution in [3.63, 3.8) is 0 Å². The molecule has 78 heavy (non-hydrogen) atoms. The lowest BCUT2D eigenvalue weighted by Crippen LogP contribution is -2.37. The third-order valence-electron chi connectivity index (χ3n) is 12.7. The first-order valence-corrected chi connectivity index (χ1v) is 32.4. The van der Waals surface area contributed by atoms with Crippen LogP contribution in [-0.4, -0.2) is 74.9 Å². The summed E-state index contributed by atoms with van der Waals surface area (Å²) in [4.78, 5) is 35.6. The van der Waals surface area contributed by atoms with Crippen LogP contribution in [0.1, 0.15) is 232 Å². The van der Waals surface area contributed by atoms with Crippen molar-refractivity contribution in [2.75, 3.05) is 47.5 Å². The number of phosphoric acid groups is 1. The number of quaternary nitrogens is 1. The molecule has 0 amide bonds. The normalized spacial score (nSPS) is 14.2. The van der Waals surface area contributed by atoms with Gasteiger partial charge in [-0.1, -0.05) is 237 Å². The fourth-order valence-corrected chi connectivity index (χ4v) is 8.66. The molecule has 0 aromatic carbocycles. The molecule has 444 valence electrons. The second kappa shape index (κ2) is 57.8. The molecule has 0 aliphatic rings. The SMILES string of the molecule is CC/C=C\C/C=C\C/C=C\C/C=C\C/C=C\C/C=C\C/C=C\C/C=C\C/C=C\C/C=C\CCCCCCCCCCCCC(=O)OC(COC(=O)CCCCCCC/C=C\CCCCCC)COP(=O)(O)OCC[N+](C)(C)C. The number of hydrogen-bond acceptors (Lipinski definition) is 7. The number of allylic oxidation sites excluding steroid dienone is 22. The van der Waals surface area contributed by atoms with Gasteiger partial charge in [-0.3, -0.25) is 18.6 Å². The summed E-state index contributed by atoms with van der Waals surface area (Å²) in [6.07, 6.45) is 83.9. The summed E-state index contributed by atoms with van der Waals surface area (Å²) >= 11 is 0. The number of rotatable bonds is 55. The van der Waals surface area contributed by atoms with Crippen LogP contribution >= 0.6 is 7.82 Å². The molecule has 0 fully saturated rings. The number of carbonyl (C=O) groups is 2. The van der Waals surface area contributed by atoms with Gasteiger partial charge in [0.25, 0.3) is 0 Å². The van der Waals surface area contributed by atoms with E-state index in [0.29, 0.717) is 17.4 Å². The minimum atomic E-state index is -4.39. The minimum Gasteiger partial charge on any atom is -0.462 e. The lowest BCUT2D eigenvalue weighted by Gasteiger charge is -2.24. The highest BCUT2D eigenvalue weighted by atomic mass is 31.2. The van der Waals surface area contributed by atoms with Crippen LogP contribution in [0.25, 0.3) is 0 Å². The molecule has 0 heterocycles. The predicted octanol–water partition coefficient (Wildman–Crippen LogP) is 19.7. The van der Waals surface area contributed by atoms with Crippen LogP contribution in [-0.2, 0) is 32.7 Å². The minimum absolute atomic E-state index is 0.0241. The number of hydrogen-bond donors (Lipinski definition) is 1. The van der Waals surface area contributed by atoms with Crippen molar-refractivity contribution in [1.82, 2.24) is 0 Å². The van der Waals surface area contributed by atoms with Gasteiger partial charge in [-0.15, -0.1) is 0 Å². The third-order valence-corrected chi connectivity index (χ3v) is 13.6. The van der Waals surface area contributed by atoms with Crippen LogP contribution in [0, 0.1) is 0 Å². The summed E-state index contributed by atoms with van der Waals surface area (Å²) in [6.45, 7) is 4.27. The second-order valence-corrected chi connectivity index (χ2v) is 22.8. The maximum Gasteiger partial charge on any atom is 0.472 e. The van der Waals surface area contributed by atoms with Crippen LogP contribution in [0.15, 0.2) is 134 Å². The molecule has 10 heteroatoms. The fourth-order valence-electron chi connectivity index (χ4n) is 7.92. The molecule has 0 aromatic rings. The van der Waals surface area contributed by atoms with Gasteiger partial charge in [-0.05, 0) is 116 Å². The first kappa shape index (κ1) is 74.2. The number of unbranched alkanes of at least 4 members (excludes halogenated alkanes) is 19. The smallest absolute Gasteiger partial charge is 0.462 e. The summed E-state index contributed by atoms with van der Waals surface area (Å²) in [6, 6.07) is 0. The van der Waals surface area contributed by atoms with E-state index in [-0.39, 0.29) is 32.0 Å². The van der Waals surface area contributed by atoms with Crippen molar-refractivity contribution in [2.45, 2.75) is 238 Å². The van der Waals surface area contributed by atoms with Gasteiger partial charge in [0.2, 0.25) is 0 Å². The van der Waals surface area contributed by atoms with Gasteiger partial charge in [0.05, 0.1) is 27.7 Å². The highest BCUT2D eigenvalue weighted by molar-refractivity contribution is 7.47. The Kier molecular flexibility index (Phi) is 55.0. The Hall–Kier alpha value is -3.85. The van der Waals surface area contributed by atoms with E-state index >= 15 is 0 Å². The largest absolute Gasteiger partial charge is 0.472 e. The van der Waals surface area contributed by atoms with E-state index in [4.69, 9.17) is 18.5 Å². The van der Waals surface area contributed by atoms with Gasteiger partial charge in [0.15, 0.2) is 6.10 Å². The van der Waals surface area contributed by atoms with E-state index in [1.165, 1.54) is 70.6 Å². The monoisotopic (exact) mass is 1100 g/mol. The Morgan fingerprint density at radius 1 is 0.410 bits per heavy atom. The molecule has 0 rings (SSSR count). The van der Waals surface area contributed by atoms with Gasteiger partial charge in [-0.25, -0.2) is 4.57 Å². The molecule has 2 atom stereocenters. The highest BCUT2D eigenvalue weighted by Gasteiger charge is 2.27. The van der Waals surface area contributed by atoms with Crippen molar-refractivity contribution in [2.24, 2.45) is 0 Å². The van der Waals surface area contributed by atoms with Crippen molar-refractivity contribution in [3.8, 4) is 0 Å². The quantitative estimate of drug-likeness (QED) is 0.0211. The molecule has 0 bridgehead atoms. The molecular weight excluding hydrogens is 990 g/mol. The molecule has 0 saturated heterocycles. The summed E-state index contributed by atoms with van der Waals surface area (Å²) in [5.74, 6) is -0.819. The number of phosphoric ester groups is 1. The summed E-state index contributed by atoms with van der Waals surface area (Å²) in [7, 11) is 1.46. The number of nitrogens with zero attached hydrogens (tertiary/aromatic N) is 1. The van der Waals surface area contributed by atoms with Crippen molar-refractivity contribution in [1.29, 1.82) is 0 Å². The van der Waals surface area contributed by atoms with Crippen molar-refractivity contribution >= 4 is 19.8 Å². The van der Waals surface area contributed by atoms with E-state index in [1.807, 2.05) is 21.1 Å². The molecule has 9 nitrogen and oxygen atoms in total. The van der Waals surface area contributed by atoms with E-state index in [1.54, 1.807) is 0 Å². The standard InChI is InChI=1S/C68H114NO8P/c1-6-8-10-12-14-16-18-20-21-22-23-24-25-26-27-28-29-30-31-32-33-34-35-36-37-38-39-40-41-42-43-44-45-46-47-49-51-53-55-57-59-61-68(71)77-66(65-76-78(72,73)75-63-62-69(3,4)5)64-74-67(70)60-58-56-54-52-50-48-19-17-15-13-11-9-7-2/h8,10,14,16-17,19-21,23-24,26-27,29-30,32-33,35-36,38-39,41-42,66H,6-7,9,11-13,15,18,22,25,28,31,34,37,40,43-65H2,1-5H3/p+1/b10-8-,16-14-,19-17-,21-20-,24-23-,27-26-,30-29-,33-32-,36-35-,39-38-,42-41-. The lowest BCUT2D eigenvalue weighted by molar-refractivity contribution is -0.870. The van der Waals surface area contributed by atoms with Crippen LogP contribution in [0.2, 0.25) is 0 Å². The van der Waals surface area contributed by atoms with Crippen LogP contribution in [0.3, 0.4) is 0 Å². The van der Waals surface area contributed by atoms with Crippen molar-refractivity contribution < 1.29 is 42.1 Å². The van der Waals surface area contributed by atoms with Gasteiger partial charge < -0.3 is 18.9 Å². The van der Waals surface area contributed by atoms with Gasteiger partial charge in [0, 0.05) is 12.8 Å². The Labute approximate surface area is 479 Å².